The molecule has 1 aliphatic rings. The summed E-state index contributed by atoms with van der Waals surface area (Å²) in [6.07, 6.45) is 4.82. The summed E-state index contributed by atoms with van der Waals surface area (Å²) in [5.74, 6) is -0.706. The molecule has 0 saturated carbocycles. The van der Waals surface area contributed by atoms with Gasteiger partial charge in [0.15, 0.2) is 16.7 Å². The van der Waals surface area contributed by atoms with Crippen molar-refractivity contribution in [2.24, 2.45) is 0 Å². The molecule has 0 bridgehead atoms. The minimum atomic E-state index is -1.26. The number of ether oxygens (including phenoxy) is 1. The number of aromatic nitrogens is 3. The molecule has 1 fully saturated rings. The molecular weight excluding hydrogens is 496 g/mol. The van der Waals surface area contributed by atoms with Crippen LogP contribution in [0.4, 0.5) is 16.9 Å². The summed E-state index contributed by atoms with van der Waals surface area (Å²) in [5, 5.41) is 28.5. The van der Waals surface area contributed by atoms with E-state index in [-0.39, 0.29) is 6.04 Å². The zero-order valence-electron chi connectivity index (χ0n) is 20.5. The Kier molecular flexibility index (Phi) is 9.12. The molecule has 1 aromatic carbocycles. The zero-order chi connectivity index (χ0) is 26.9. The Balaban J connectivity index is 0.000000414. The maximum atomic E-state index is 9.55. The lowest BCUT2D eigenvalue weighted by molar-refractivity contribution is -0.134. The number of thiazole rings is 1. The van der Waals surface area contributed by atoms with Crippen molar-refractivity contribution in [3.05, 3.63) is 64.3 Å². The van der Waals surface area contributed by atoms with Gasteiger partial charge in [0.1, 0.15) is 10.9 Å². The minimum Gasteiger partial charge on any atom is -0.491 e. The second-order valence-corrected chi connectivity index (χ2v) is 9.06. The van der Waals surface area contributed by atoms with Gasteiger partial charge < -0.3 is 25.2 Å². The average molecular weight is 523 g/mol. The summed E-state index contributed by atoms with van der Waals surface area (Å²) in [5.41, 5.74) is 3.28. The second-order valence-electron chi connectivity index (χ2n) is 8.03. The van der Waals surface area contributed by atoms with Crippen molar-refractivity contribution in [3.8, 4) is 11.8 Å². The number of aliphatic carboxylic acids is 2. The van der Waals surface area contributed by atoms with Gasteiger partial charge in [-0.3, -0.25) is 0 Å². The summed E-state index contributed by atoms with van der Waals surface area (Å²) in [7, 11) is 1.60. The first-order chi connectivity index (χ1) is 17.7. The highest BCUT2D eigenvalue weighted by molar-refractivity contribution is 7.16. The zero-order valence-corrected chi connectivity index (χ0v) is 21.3. The van der Waals surface area contributed by atoms with Gasteiger partial charge in [0.25, 0.3) is 0 Å². The molecule has 0 amide bonds. The van der Waals surface area contributed by atoms with Crippen LogP contribution in [0, 0.1) is 25.2 Å². The van der Waals surface area contributed by atoms with Crippen LogP contribution in [0.15, 0.2) is 42.6 Å². The predicted octanol–water partition coefficient (Wildman–Crippen LogP) is 4.23. The van der Waals surface area contributed by atoms with E-state index in [9.17, 15) is 9.59 Å². The number of anilines is 3. The fourth-order valence-corrected chi connectivity index (χ4v) is 4.39. The molecule has 1 aliphatic heterocycles. The molecule has 4 rings (SSSR count). The van der Waals surface area contributed by atoms with Gasteiger partial charge in [-0.15, -0.1) is 0 Å². The van der Waals surface area contributed by atoms with Crippen LogP contribution in [0.2, 0.25) is 0 Å². The fourth-order valence-electron chi connectivity index (χ4n) is 3.77. The number of carboxylic acid groups (broad SMARTS) is 2. The van der Waals surface area contributed by atoms with Crippen LogP contribution in [0.5, 0.6) is 5.75 Å². The molecule has 0 spiro atoms. The minimum absolute atomic E-state index is 0.251. The van der Waals surface area contributed by atoms with Gasteiger partial charge in [0.2, 0.25) is 5.95 Å². The van der Waals surface area contributed by atoms with Crippen LogP contribution in [0.3, 0.4) is 0 Å². The van der Waals surface area contributed by atoms with Crippen LogP contribution >= 0.6 is 11.3 Å². The highest BCUT2D eigenvalue weighted by Gasteiger charge is 2.29. The second kappa shape index (κ2) is 12.5. The van der Waals surface area contributed by atoms with Gasteiger partial charge in [-0.25, -0.2) is 19.6 Å². The van der Waals surface area contributed by atoms with Crippen molar-refractivity contribution >= 4 is 40.2 Å². The summed E-state index contributed by atoms with van der Waals surface area (Å²) >= 11 is 1.28. The molecule has 3 aromatic rings. The lowest BCUT2D eigenvalue weighted by Crippen LogP contribution is -2.25. The molecular formula is C25H26N6O5S. The number of hydrogen-bond donors (Lipinski definition) is 3. The summed E-state index contributed by atoms with van der Waals surface area (Å²) in [6, 6.07) is 11.0. The number of aryl methyl sites for hydroxylation is 2. The standard InChI is InChI=1S/C21H22N6OS.C4H4O4/c1-13-6-8-15(9-7-13)17-5-4-10-27(17)20-24-14(2)18(28-3)19(25-20)26-21-23-12-16(11-22)29-21;5-3(6)1-2-4(7)8/h6-9,12,17H,4-5,10H2,1-3H3,(H,23,24,25,26);1-2H,(H,5,6)(H,7,8)/t17-;/m0./s1. The van der Waals surface area contributed by atoms with Crippen LogP contribution in [0.25, 0.3) is 0 Å². The summed E-state index contributed by atoms with van der Waals surface area (Å²) in [4.78, 5) is 35.6. The topological polar surface area (TPSA) is 162 Å². The van der Waals surface area contributed by atoms with E-state index in [0.29, 0.717) is 39.7 Å². The maximum absolute atomic E-state index is 9.55. The molecule has 192 valence electrons. The Morgan fingerprint density at radius 3 is 2.43 bits per heavy atom. The highest BCUT2D eigenvalue weighted by Crippen LogP contribution is 2.38. The fraction of sp³-hybridized carbons (Fsp3) is 0.280. The number of nitrogens with one attached hydrogen (secondary N) is 1. The van der Waals surface area contributed by atoms with E-state index < -0.39 is 11.9 Å². The van der Waals surface area contributed by atoms with E-state index in [2.05, 4.69) is 52.5 Å². The third-order valence-corrected chi connectivity index (χ3v) is 6.23. The van der Waals surface area contributed by atoms with E-state index >= 15 is 0 Å². The van der Waals surface area contributed by atoms with E-state index in [1.54, 1.807) is 13.3 Å². The van der Waals surface area contributed by atoms with Crippen molar-refractivity contribution in [1.82, 2.24) is 15.0 Å². The van der Waals surface area contributed by atoms with Gasteiger partial charge >= 0.3 is 11.9 Å². The number of carboxylic acids is 2. The molecule has 0 aliphatic carbocycles. The molecule has 3 heterocycles. The Morgan fingerprint density at radius 2 is 1.86 bits per heavy atom. The van der Waals surface area contributed by atoms with Gasteiger partial charge in [-0.1, -0.05) is 41.2 Å². The van der Waals surface area contributed by atoms with Crippen molar-refractivity contribution in [3.63, 3.8) is 0 Å². The molecule has 11 nitrogen and oxygen atoms in total. The van der Waals surface area contributed by atoms with Gasteiger partial charge in [-0.2, -0.15) is 10.2 Å². The van der Waals surface area contributed by atoms with E-state index in [1.807, 2.05) is 6.92 Å². The van der Waals surface area contributed by atoms with Gasteiger partial charge in [0, 0.05) is 18.7 Å². The molecule has 1 atom stereocenters. The first-order valence-corrected chi connectivity index (χ1v) is 12.1. The van der Waals surface area contributed by atoms with Crippen LogP contribution in [-0.4, -0.2) is 50.8 Å². The lowest BCUT2D eigenvalue weighted by atomic mass is 10.0. The van der Waals surface area contributed by atoms with Crippen molar-refractivity contribution in [2.45, 2.75) is 32.7 Å². The number of carbonyl (C=O) groups is 2. The molecule has 2 aromatic heterocycles. The van der Waals surface area contributed by atoms with Crippen molar-refractivity contribution in [2.75, 3.05) is 23.9 Å². The number of nitrogens with zero attached hydrogens (tertiary/aromatic N) is 5. The van der Waals surface area contributed by atoms with Crippen molar-refractivity contribution in [1.29, 1.82) is 5.26 Å². The Hall–Kier alpha value is -4.50. The number of rotatable bonds is 7. The number of methoxy groups -OCH3 is 1. The highest BCUT2D eigenvalue weighted by atomic mass is 32.1. The molecule has 3 N–H and O–H groups in total. The van der Waals surface area contributed by atoms with E-state index in [1.165, 1.54) is 22.5 Å². The molecule has 37 heavy (non-hydrogen) atoms. The average Bonchev–Trinajstić information content (AvgIpc) is 3.53. The van der Waals surface area contributed by atoms with Crippen LogP contribution in [-0.2, 0) is 9.59 Å². The third kappa shape index (κ3) is 7.25. The molecule has 12 heteroatoms. The normalized spacial score (nSPS) is 14.5. The molecule has 1 saturated heterocycles. The Bertz CT molecular complexity index is 1320. The SMILES string of the molecule is COc1c(C)nc(N2CCC[C@H]2c2ccc(C)cc2)nc1Nc1ncc(C#N)s1.O=C(O)C=CC(=O)O. The monoisotopic (exact) mass is 522 g/mol. The van der Waals surface area contributed by atoms with E-state index in [0.717, 1.165) is 25.1 Å². The summed E-state index contributed by atoms with van der Waals surface area (Å²) < 4.78 is 5.53. The van der Waals surface area contributed by atoms with E-state index in [4.69, 9.17) is 30.2 Å². The van der Waals surface area contributed by atoms with Gasteiger partial charge in [-0.05, 0) is 32.3 Å². The molecule has 0 radical (unpaired) electrons. The Labute approximate surface area is 217 Å². The first-order valence-electron chi connectivity index (χ1n) is 11.2. The lowest BCUT2D eigenvalue weighted by Gasteiger charge is -2.26. The number of nitriles is 1. The smallest absolute Gasteiger partial charge is 0.328 e. The predicted molar refractivity (Wildman–Crippen MR) is 138 cm³/mol. The van der Waals surface area contributed by atoms with Crippen molar-refractivity contribution < 1.29 is 24.5 Å². The number of hydrogen-bond acceptors (Lipinski definition) is 10. The number of benzene rings is 1. The maximum Gasteiger partial charge on any atom is 0.328 e. The quantitative estimate of drug-likeness (QED) is 0.381. The summed E-state index contributed by atoms with van der Waals surface area (Å²) in [6.45, 7) is 4.91. The molecule has 0 unspecified atom stereocenters. The third-order valence-electron chi connectivity index (χ3n) is 5.41. The Morgan fingerprint density at radius 1 is 1.19 bits per heavy atom. The van der Waals surface area contributed by atoms with Crippen LogP contribution in [0.1, 0.15) is 40.6 Å². The van der Waals surface area contributed by atoms with Gasteiger partial charge in [0.05, 0.1) is 25.0 Å². The largest absolute Gasteiger partial charge is 0.491 e. The first kappa shape index (κ1) is 27.1. The van der Waals surface area contributed by atoms with Crippen LogP contribution < -0.4 is 15.0 Å².